The highest BCUT2D eigenvalue weighted by Gasteiger charge is 2.22. The quantitative estimate of drug-likeness (QED) is 0.929. The number of anilines is 1. The molecule has 18 heavy (non-hydrogen) atoms. The van der Waals surface area contributed by atoms with Crippen molar-refractivity contribution in [1.82, 2.24) is 14.8 Å². The minimum absolute atomic E-state index is 0.249. The molecule has 0 amide bonds. The monoisotopic (exact) mass is 286 g/mol. The van der Waals surface area contributed by atoms with Crippen LogP contribution in [0.5, 0.6) is 0 Å². The van der Waals surface area contributed by atoms with E-state index < -0.39 is 10.0 Å². The van der Waals surface area contributed by atoms with Crippen LogP contribution in [-0.2, 0) is 17.1 Å². The third-order valence-electron chi connectivity index (χ3n) is 2.35. The largest absolute Gasteiger partial charge is 0.274 e. The molecule has 0 unspecified atom stereocenters. The van der Waals surface area contributed by atoms with E-state index >= 15 is 0 Å². The third kappa shape index (κ3) is 2.39. The summed E-state index contributed by atoms with van der Waals surface area (Å²) >= 11 is 1.16. The lowest BCUT2D eigenvalue weighted by Crippen LogP contribution is -2.15. The van der Waals surface area contributed by atoms with Gasteiger partial charge in [-0.05, 0) is 20.8 Å². The van der Waals surface area contributed by atoms with Crippen LogP contribution < -0.4 is 4.72 Å². The highest BCUT2D eigenvalue weighted by atomic mass is 32.2. The summed E-state index contributed by atoms with van der Waals surface area (Å²) in [5, 5.41) is 4.82. The molecule has 98 valence electrons. The van der Waals surface area contributed by atoms with Crippen LogP contribution in [0.1, 0.15) is 16.4 Å². The van der Waals surface area contributed by atoms with Crippen molar-refractivity contribution >= 4 is 27.2 Å². The number of aromatic nitrogens is 3. The molecule has 8 heteroatoms. The lowest BCUT2D eigenvalue weighted by Gasteiger charge is -2.06. The first-order chi connectivity index (χ1) is 8.29. The molecule has 2 heterocycles. The lowest BCUT2D eigenvalue weighted by atomic mass is 10.5. The van der Waals surface area contributed by atoms with Crippen LogP contribution in [0, 0.1) is 20.8 Å². The van der Waals surface area contributed by atoms with Gasteiger partial charge in [0, 0.05) is 13.1 Å². The van der Waals surface area contributed by atoms with E-state index in [1.54, 1.807) is 33.9 Å². The average molecular weight is 286 g/mol. The van der Waals surface area contributed by atoms with E-state index in [4.69, 9.17) is 0 Å². The normalized spacial score (nSPS) is 11.8. The Labute approximate surface area is 110 Å². The predicted molar refractivity (Wildman–Crippen MR) is 70.3 cm³/mol. The summed E-state index contributed by atoms with van der Waals surface area (Å²) in [5.41, 5.74) is 1.27. The molecule has 0 spiro atoms. The molecule has 0 fully saturated rings. The Morgan fingerprint density at radius 2 is 2.00 bits per heavy atom. The Morgan fingerprint density at radius 1 is 1.33 bits per heavy atom. The summed E-state index contributed by atoms with van der Waals surface area (Å²) in [6, 6.07) is 1.68. The maximum atomic E-state index is 12.2. The predicted octanol–water partition coefficient (Wildman–Crippen LogP) is 1.60. The van der Waals surface area contributed by atoms with E-state index in [0.717, 1.165) is 22.0 Å². The number of nitrogens with one attached hydrogen (secondary N) is 1. The molecule has 6 nitrogen and oxygen atoms in total. The summed E-state index contributed by atoms with van der Waals surface area (Å²) in [7, 11) is -1.90. The van der Waals surface area contributed by atoms with Crippen molar-refractivity contribution in [3.63, 3.8) is 0 Å². The van der Waals surface area contributed by atoms with Crippen molar-refractivity contribution in [3.05, 3.63) is 22.5 Å². The van der Waals surface area contributed by atoms with Gasteiger partial charge in [-0.25, -0.2) is 13.4 Å². The van der Waals surface area contributed by atoms with E-state index in [9.17, 15) is 8.42 Å². The van der Waals surface area contributed by atoms with Gasteiger partial charge in [0.15, 0.2) is 4.21 Å². The molecule has 0 aromatic carbocycles. The van der Waals surface area contributed by atoms with Crippen LogP contribution in [0.3, 0.4) is 0 Å². The Hall–Kier alpha value is -1.41. The van der Waals surface area contributed by atoms with Crippen molar-refractivity contribution in [2.45, 2.75) is 25.0 Å². The molecule has 0 aliphatic heterocycles. The minimum Gasteiger partial charge on any atom is -0.263 e. The zero-order valence-corrected chi connectivity index (χ0v) is 12.2. The maximum absolute atomic E-state index is 12.2. The van der Waals surface area contributed by atoms with E-state index in [-0.39, 0.29) is 4.21 Å². The van der Waals surface area contributed by atoms with Gasteiger partial charge in [-0.15, -0.1) is 11.3 Å². The standard InChI is InChI=1S/C10H14N4O2S2/c1-6-5-9(14(4)12-6)13-18(15,16)10-7(2)11-8(3)17-10/h5,13H,1-4H3. The van der Waals surface area contributed by atoms with Gasteiger partial charge in [-0.2, -0.15) is 5.10 Å². The first kappa shape index (κ1) is 13.0. The fraction of sp³-hybridized carbons (Fsp3) is 0.400. The molecular weight excluding hydrogens is 272 g/mol. The molecule has 2 rings (SSSR count). The summed E-state index contributed by atoms with van der Waals surface area (Å²) in [4.78, 5) is 4.12. The Balaban J connectivity index is 2.39. The molecule has 0 bridgehead atoms. The minimum atomic E-state index is -3.59. The number of aryl methyl sites for hydroxylation is 4. The van der Waals surface area contributed by atoms with E-state index in [1.807, 2.05) is 0 Å². The number of nitrogens with zero attached hydrogens (tertiary/aromatic N) is 3. The third-order valence-corrected chi connectivity index (χ3v) is 5.38. The van der Waals surface area contributed by atoms with Crippen LogP contribution >= 0.6 is 11.3 Å². The van der Waals surface area contributed by atoms with Crippen molar-refractivity contribution in [2.75, 3.05) is 4.72 Å². The van der Waals surface area contributed by atoms with Gasteiger partial charge in [0.05, 0.1) is 16.4 Å². The number of hydrogen-bond donors (Lipinski definition) is 1. The Bertz CT molecular complexity index is 685. The highest BCUT2D eigenvalue weighted by Crippen LogP contribution is 2.25. The molecule has 2 aromatic rings. The van der Waals surface area contributed by atoms with Crippen molar-refractivity contribution in [3.8, 4) is 0 Å². The molecule has 2 aromatic heterocycles. The Kier molecular flexibility index (Phi) is 3.16. The van der Waals surface area contributed by atoms with E-state index in [0.29, 0.717) is 11.5 Å². The Morgan fingerprint density at radius 3 is 2.44 bits per heavy atom. The van der Waals surface area contributed by atoms with Crippen LogP contribution in [-0.4, -0.2) is 23.2 Å². The second-order valence-electron chi connectivity index (χ2n) is 4.01. The van der Waals surface area contributed by atoms with Gasteiger partial charge in [0.1, 0.15) is 5.82 Å². The first-order valence-electron chi connectivity index (χ1n) is 5.27. The first-order valence-corrected chi connectivity index (χ1v) is 7.57. The van der Waals surface area contributed by atoms with Crippen LogP contribution in [0.25, 0.3) is 0 Å². The molecule has 0 atom stereocenters. The summed E-state index contributed by atoms with van der Waals surface area (Å²) < 4.78 is 28.7. The number of thiazole rings is 1. The number of rotatable bonds is 3. The summed E-state index contributed by atoms with van der Waals surface area (Å²) in [6.45, 7) is 5.28. The van der Waals surface area contributed by atoms with Crippen LogP contribution in [0.2, 0.25) is 0 Å². The van der Waals surface area contributed by atoms with Gasteiger partial charge in [0.25, 0.3) is 10.0 Å². The fourth-order valence-electron chi connectivity index (χ4n) is 1.65. The molecule has 0 aliphatic rings. The summed E-state index contributed by atoms with van der Waals surface area (Å²) in [5.74, 6) is 0.443. The molecule has 0 saturated heterocycles. The maximum Gasteiger partial charge on any atom is 0.274 e. The molecule has 0 radical (unpaired) electrons. The van der Waals surface area contributed by atoms with E-state index in [2.05, 4.69) is 14.8 Å². The zero-order valence-electron chi connectivity index (χ0n) is 10.6. The second kappa shape index (κ2) is 4.36. The SMILES string of the molecule is Cc1cc(NS(=O)(=O)c2sc(C)nc2C)n(C)n1. The van der Waals surface area contributed by atoms with Gasteiger partial charge in [-0.1, -0.05) is 0 Å². The smallest absolute Gasteiger partial charge is 0.263 e. The van der Waals surface area contributed by atoms with Crippen molar-refractivity contribution < 1.29 is 8.42 Å². The van der Waals surface area contributed by atoms with Crippen LogP contribution in [0.15, 0.2) is 10.3 Å². The van der Waals surface area contributed by atoms with Crippen molar-refractivity contribution in [2.24, 2.45) is 7.05 Å². The van der Waals surface area contributed by atoms with Crippen molar-refractivity contribution in [1.29, 1.82) is 0 Å². The molecule has 0 saturated carbocycles. The van der Waals surface area contributed by atoms with E-state index in [1.165, 1.54) is 4.68 Å². The highest BCUT2D eigenvalue weighted by molar-refractivity contribution is 7.94. The molecule has 0 aliphatic carbocycles. The lowest BCUT2D eigenvalue weighted by molar-refractivity contribution is 0.601. The van der Waals surface area contributed by atoms with Gasteiger partial charge >= 0.3 is 0 Å². The van der Waals surface area contributed by atoms with Crippen LogP contribution in [0.4, 0.5) is 5.82 Å². The second-order valence-corrected chi connectivity index (χ2v) is 7.09. The average Bonchev–Trinajstić information content (AvgIpc) is 2.70. The zero-order chi connectivity index (χ0) is 13.5. The molecular formula is C10H14N4O2S2. The topological polar surface area (TPSA) is 76.9 Å². The fourth-order valence-corrected chi connectivity index (χ4v) is 4.22. The number of sulfonamides is 1. The van der Waals surface area contributed by atoms with Gasteiger partial charge in [0.2, 0.25) is 0 Å². The number of hydrogen-bond acceptors (Lipinski definition) is 5. The summed E-state index contributed by atoms with van der Waals surface area (Å²) in [6.07, 6.45) is 0. The van der Waals surface area contributed by atoms with Gasteiger partial charge < -0.3 is 0 Å². The molecule has 1 N–H and O–H groups in total. The van der Waals surface area contributed by atoms with Gasteiger partial charge in [-0.3, -0.25) is 9.40 Å².